The Hall–Kier alpha value is -0.497. The third kappa shape index (κ3) is 4.17. The molecule has 0 aromatic heterocycles. The van der Waals surface area contributed by atoms with E-state index < -0.39 is 23.6 Å². The van der Waals surface area contributed by atoms with Crippen LogP contribution in [-0.4, -0.2) is 0 Å². The van der Waals surface area contributed by atoms with Crippen LogP contribution in [0, 0.1) is 0 Å². The Kier molecular flexibility index (Phi) is 5.90. The summed E-state index contributed by atoms with van der Waals surface area (Å²) in [5, 5.41) is 2.81. The topological polar surface area (TPSA) is 0 Å². The Balaban J connectivity index is 0.000000280. The predicted octanol–water partition coefficient (Wildman–Crippen LogP) is 4.77. The molecule has 0 aliphatic rings. The zero-order valence-corrected chi connectivity index (χ0v) is 11.5. The van der Waals surface area contributed by atoms with Crippen LogP contribution in [0.1, 0.15) is 18.9 Å². The molecular formula is C12H13F3Zr-. The van der Waals surface area contributed by atoms with Crippen LogP contribution in [0.3, 0.4) is 0 Å². The van der Waals surface area contributed by atoms with E-state index in [4.69, 9.17) is 0 Å². The van der Waals surface area contributed by atoms with E-state index >= 15 is 0 Å². The third-order valence-electron chi connectivity index (χ3n) is 2.29. The van der Waals surface area contributed by atoms with Crippen molar-refractivity contribution in [1.29, 1.82) is 0 Å². The van der Waals surface area contributed by atoms with Gasteiger partial charge in [0.05, 0.1) is 0 Å². The molecule has 87 valence electrons. The van der Waals surface area contributed by atoms with Gasteiger partial charge in [0.1, 0.15) is 0 Å². The minimum absolute atomic E-state index is 1.20. The SMILES string of the molecule is CCC[c-]1ccc2ccccc21.[F][Zr]([F])[F]. The molecule has 4 heteroatoms. The monoisotopic (exact) mass is 304 g/mol. The van der Waals surface area contributed by atoms with Crippen molar-refractivity contribution in [3.63, 3.8) is 0 Å². The average molecular weight is 305 g/mol. The second kappa shape index (κ2) is 6.95. The quantitative estimate of drug-likeness (QED) is 0.701. The van der Waals surface area contributed by atoms with Crippen molar-refractivity contribution in [1.82, 2.24) is 0 Å². The van der Waals surface area contributed by atoms with E-state index in [0.717, 1.165) is 0 Å². The summed E-state index contributed by atoms with van der Waals surface area (Å²) in [6.45, 7) is 2.22. The number of rotatable bonds is 2. The van der Waals surface area contributed by atoms with Crippen LogP contribution in [0.5, 0.6) is 0 Å². The number of hydrogen-bond donors (Lipinski definition) is 0. The molecule has 0 saturated carbocycles. The third-order valence-corrected chi connectivity index (χ3v) is 2.29. The maximum absolute atomic E-state index is 9.86. The number of hydrogen-bond acceptors (Lipinski definition) is 0. The van der Waals surface area contributed by atoms with Gasteiger partial charge < -0.3 is 0 Å². The maximum atomic E-state index is 9.86. The second-order valence-corrected chi connectivity index (χ2v) is 4.46. The van der Waals surface area contributed by atoms with E-state index in [0.29, 0.717) is 0 Å². The van der Waals surface area contributed by atoms with Gasteiger partial charge in [-0.1, -0.05) is 25.8 Å². The Morgan fingerprint density at radius 3 is 2.38 bits per heavy atom. The molecule has 0 N–H and O–H groups in total. The summed E-state index contributed by atoms with van der Waals surface area (Å²) < 4.78 is 29.6. The van der Waals surface area contributed by atoms with Gasteiger partial charge >= 0.3 is 31.5 Å². The molecule has 0 atom stereocenters. The average Bonchev–Trinajstić information content (AvgIpc) is 2.62. The molecule has 16 heavy (non-hydrogen) atoms. The van der Waals surface area contributed by atoms with Crippen molar-refractivity contribution >= 4 is 10.8 Å². The van der Waals surface area contributed by atoms with Crippen LogP contribution in [0.2, 0.25) is 0 Å². The molecule has 0 unspecified atom stereocenters. The normalized spacial score (nSPS) is 9.75. The van der Waals surface area contributed by atoms with Crippen LogP contribution in [0.4, 0.5) is 7.88 Å². The van der Waals surface area contributed by atoms with Crippen LogP contribution < -0.4 is 0 Å². The predicted molar refractivity (Wildman–Crippen MR) is 56.9 cm³/mol. The number of fused-ring (bicyclic) bond motifs is 1. The molecule has 2 aromatic carbocycles. The van der Waals surface area contributed by atoms with E-state index in [1.807, 2.05) is 0 Å². The van der Waals surface area contributed by atoms with Crippen LogP contribution in [-0.2, 0) is 30.0 Å². The first-order valence-electron chi connectivity index (χ1n) is 5.12. The number of aryl methyl sites for hydroxylation is 1. The summed E-state index contributed by atoms with van der Waals surface area (Å²) >= 11 is -5.04. The van der Waals surface area contributed by atoms with Gasteiger partial charge in [0.2, 0.25) is 0 Å². The molecule has 2 aromatic rings. The van der Waals surface area contributed by atoms with E-state index in [-0.39, 0.29) is 0 Å². The zero-order chi connectivity index (χ0) is 12.0. The molecule has 0 heterocycles. The number of benzene rings is 1. The summed E-state index contributed by atoms with van der Waals surface area (Å²) in [6.07, 6.45) is 2.43. The van der Waals surface area contributed by atoms with E-state index in [9.17, 15) is 7.88 Å². The summed E-state index contributed by atoms with van der Waals surface area (Å²) in [4.78, 5) is 0. The molecule has 0 amide bonds. The van der Waals surface area contributed by atoms with E-state index in [1.54, 1.807) is 0 Å². The van der Waals surface area contributed by atoms with Gasteiger partial charge in [-0.2, -0.15) is 6.07 Å². The van der Waals surface area contributed by atoms with Crippen LogP contribution in [0.15, 0.2) is 36.4 Å². The van der Waals surface area contributed by atoms with Crippen molar-refractivity contribution in [2.24, 2.45) is 0 Å². The van der Waals surface area contributed by atoms with Gasteiger partial charge in [0.15, 0.2) is 0 Å². The van der Waals surface area contributed by atoms with E-state index in [1.165, 1.54) is 29.2 Å². The molecule has 2 rings (SSSR count). The van der Waals surface area contributed by atoms with Crippen molar-refractivity contribution in [2.75, 3.05) is 0 Å². The summed E-state index contributed by atoms with van der Waals surface area (Å²) in [5.41, 5.74) is 1.49. The molecular weight excluding hydrogens is 292 g/mol. The fourth-order valence-corrected chi connectivity index (χ4v) is 1.70. The second-order valence-electron chi connectivity index (χ2n) is 3.41. The molecule has 0 nitrogen and oxygen atoms in total. The Morgan fingerprint density at radius 1 is 1.12 bits per heavy atom. The first-order valence-corrected chi connectivity index (χ1v) is 7.90. The van der Waals surface area contributed by atoms with Gasteiger partial charge in [-0.3, -0.25) is 0 Å². The molecule has 0 radical (unpaired) electrons. The fraction of sp³-hybridized carbons (Fsp3) is 0.250. The van der Waals surface area contributed by atoms with Gasteiger partial charge in [-0.15, -0.1) is 40.6 Å². The fourth-order valence-electron chi connectivity index (χ4n) is 1.70. The molecule has 0 spiro atoms. The van der Waals surface area contributed by atoms with Crippen LogP contribution in [0.25, 0.3) is 10.8 Å². The first kappa shape index (κ1) is 13.6. The van der Waals surface area contributed by atoms with Crippen molar-refractivity contribution in [3.05, 3.63) is 42.0 Å². The van der Waals surface area contributed by atoms with Gasteiger partial charge in [-0.25, -0.2) is 0 Å². The molecule has 0 saturated heterocycles. The Morgan fingerprint density at radius 2 is 1.75 bits per heavy atom. The molecule has 0 fully saturated rings. The standard InChI is InChI=1S/C12H13.3FH.Zr/c1-2-5-10-8-9-11-6-3-4-7-12(10)11;;;;/h3-4,6-9H,2,5H2,1H3;3*1H;/q-1;;;;+3/p-3. The molecule has 0 bridgehead atoms. The van der Waals surface area contributed by atoms with Crippen molar-refractivity contribution < 1.29 is 31.5 Å². The van der Waals surface area contributed by atoms with Crippen LogP contribution >= 0.6 is 0 Å². The zero-order valence-electron chi connectivity index (χ0n) is 9.01. The summed E-state index contributed by atoms with van der Waals surface area (Å²) in [5.74, 6) is 0. The summed E-state index contributed by atoms with van der Waals surface area (Å²) in [7, 11) is 0. The molecule has 0 aliphatic heterocycles. The first-order chi connectivity index (χ1) is 7.65. The molecule has 0 aliphatic carbocycles. The van der Waals surface area contributed by atoms with E-state index in [2.05, 4.69) is 43.3 Å². The van der Waals surface area contributed by atoms with Gasteiger partial charge in [0.25, 0.3) is 0 Å². The summed E-state index contributed by atoms with van der Waals surface area (Å²) in [6, 6.07) is 13.0. The van der Waals surface area contributed by atoms with Crippen molar-refractivity contribution in [3.8, 4) is 0 Å². The Labute approximate surface area is 104 Å². The minimum atomic E-state index is -5.04. The van der Waals surface area contributed by atoms with Gasteiger partial charge in [-0.05, 0) is 0 Å². The van der Waals surface area contributed by atoms with Gasteiger partial charge in [0, 0.05) is 0 Å². The number of halogens is 3. The van der Waals surface area contributed by atoms with Crippen molar-refractivity contribution in [2.45, 2.75) is 19.8 Å². The Bertz CT molecular complexity index is 420.